The summed E-state index contributed by atoms with van der Waals surface area (Å²) in [4.78, 5) is 60.2. The fourth-order valence-electron chi connectivity index (χ4n) is 4.64. The molecule has 4 heterocycles. The molecule has 3 aromatic heterocycles. The maximum Gasteiger partial charge on any atom is 0.301 e. The fraction of sp³-hybridized carbons (Fsp3) is 0.192. The number of pyridine rings is 1. The SMILES string of the molecule is CC(=O)c1sc(N2C(=O)C(=O)/C(=C(/O)c3nc4c(C)cccn4c3C)C2c2cccc([N+](=O)[O-])c2)nc1C. The summed E-state index contributed by atoms with van der Waals surface area (Å²) >= 11 is 0.932. The highest BCUT2D eigenvalue weighted by Gasteiger charge is 2.49. The van der Waals surface area contributed by atoms with E-state index in [9.17, 15) is 29.6 Å². The zero-order valence-corrected chi connectivity index (χ0v) is 21.6. The number of carbonyl (C=O) groups excluding carboxylic acids is 3. The van der Waals surface area contributed by atoms with Gasteiger partial charge in [0.05, 0.1) is 32.8 Å². The van der Waals surface area contributed by atoms with Crippen molar-refractivity contribution in [2.45, 2.75) is 33.7 Å². The Kier molecular flexibility index (Phi) is 5.91. The lowest BCUT2D eigenvalue weighted by atomic mass is 9.96. The van der Waals surface area contributed by atoms with Crippen LogP contribution in [-0.2, 0) is 9.59 Å². The van der Waals surface area contributed by atoms with Crippen molar-refractivity contribution in [3.63, 3.8) is 0 Å². The summed E-state index contributed by atoms with van der Waals surface area (Å²) in [6, 6.07) is 7.91. The van der Waals surface area contributed by atoms with Crippen LogP contribution in [0.1, 0.15) is 50.8 Å². The van der Waals surface area contributed by atoms with Crippen LogP contribution < -0.4 is 4.90 Å². The van der Waals surface area contributed by atoms with Gasteiger partial charge in [0.1, 0.15) is 11.3 Å². The van der Waals surface area contributed by atoms with Gasteiger partial charge in [0, 0.05) is 25.3 Å². The quantitative estimate of drug-likeness (QED) is 0.0991. The standard InChI is InChI=1S/C26H21N5O6S/c1-12-7-6-10-29-14(3)19(28-24(12)29)21(33)18-20(16-8-5-9-17(11-16)31(36)37)30(25(35)22(18)34)26-27-13(2)23(38-26)15(4)32/h5-11,20,33H,1-4H3/b21-18+. The molecule has 5 rings (SSSR count). The number of nitrogens with zero attached hydrogens (tertiary/aromatic N) is 5. The molecule has 1 unspecified atom stereocenters. The Bertz CT molecular complexity index is 1730. The van der Waals surface area contributed by atoms with Crippen LogP contribution in [0.2, 0.25) is 0 Å². The molecule has 1 amide bonds. The lowest BCUT2D eigenvalue weighted by molar-refractivity contribution is -0.384. The molecule has 4 aromatic rings. The number of Topliss-reactive ketones (excluding diaryl/α,β-unsaturated/α-hetero) is 2. The number of non-ortho nitro benzene ring substituents is 1. The summed E-state index contributed by atoms with van der Waals surface area (Å²) in [5, 5.41) is 23.1. The molecule has 11 nitrogen and oxygen atoms in total. The molecular weight excluding hydrogens is 510 g/mol. The van der Waals surface area contributed by atoms with E-state index in [0.717, 1.165) is 21.8 Å². The molecule has 1 fully saturated rings. The number of nitro groups is 1. The Morgan fingerprint density at radius 1 is 1.13 bits per heavy atom. The van der Waals surface area contributed by atoms with E-state index in [2.05, 4.69) is 9.97 Å². The van der Waals surface area contributed by atoms with Gasteiger partial charge in [-0.1, -0.05) is 29.5 Å². The molecule has 1 N–H and O–H groups in total. The van der Waals surface area contributed by atoms with Crippen LogP contribution >= 0.6 is 11.3 Å². The van der Waals surface area contributed by atoms with Gasteiger partial charge in [0.2, 0.25) is 0 Å². The smallest absolute Gasteiger partial charge is 0.301 e. The summed E-state index contributed by atoms with van der Waals surface area (Å²) < 4.78 is 1.76. The number of anilines is 1. The summed E-state index contributed by atoms with van der Waals surface area (Å²) in [6.07, 6.45) is 1.76. The van der Waals surface area contributed by atoms with Crippen LogP contribution in [0.3, 0.4) is 0 Å². The van der Waals surface area contributed by atoms with Crippen molar-refractivity contribution in [3.8, 4) is 0 Å². The number of ketones is 2. The molecule has 0 saturated carbocycles. The van der Waals surface area contributed by atoms with Gasteiger partial charge >= 0.3 is 5.91 Å². The van der Waals surface area contributed by atoms with Crippen LogP contribution in [0.15, 0.2) is 48.2 Å². The van der Waals surface area contributed by atoms with E-state index < -0.39 is 28.4 Å². The van der Waals surface area contributed by atoms with Gasteiger partial charge in [-0.25, -0.2) is 9.97 Å². The molecule has 12 heteroatoms. The van der Waals surface area contributed by atoms with Gasteiger partial charge in [-0.15, -0.1) is 0 Å². The Labute approximate surface area is 219 Å². The number of rotatable bonds is 5. The third-order valence-corrected chi connectivity index (χ3v) is 7.72. The first-order chi connectivity index (χ1) is 18.0. The first-order valence-corrected chi connectivity index (χ1v) is 12.3. The third-order valence-electron chi connectivity index (χ3n) is 6.46. The molecule has 1 aliphatic rings. The predicted octanol–water partition coefficient (Wildman–Crippen LogP) is 4.45. The second kappa shape index (κ2) is 8.99. The molecule has 1 aliphatic heterocycles. The van der Waals surface area contributed by atoms with Crippen molar-refractivity contribution in [1.29, 1.82) is 0 Å². The van der Waals surface area contributed by atoms with Crippen molar-refractivity contribution in [2.75, 3.05) is 4.90 Å². The van der Waals surface area contributed by atoms with Crippen molar-refractivity contribution in [1.82, 2.24) is 14.4 Å². The van der Waals surface area contributed by atoms with E-state index in [1.165, 1.54) is 31.2 Å². The minimum atomic E-state index is -1.24. The van der Waals surface area contributed by atoms with E-state index in [1.807, 2.05) is 19.1 Å². The maximum absolute atomic E-state index is 13.5. The zero-order chi connectivity index (χ0) is 27.5. The average molecular weight is 532 g/mol. The van der Waals surface area contributed by atoms with Gasteiger partial charge in [0.15, 0.2) is 16.7 Å². The minimum Gasteiger partial charge on any atom is -0.505 e. The Morgan fingerprint density at radius 2 is 1.87 bits per heavy atom. The third kappa shape index (κ3) is 3.77. The van der Waals surface area contributed by atoms with Crippen molar-refractivity contribution in [3.05, 3.63) is 91.4 Å². The first-order valence-electron chi connectivity index (χ1n) is 11.5. The van der Waals surface area contributed by atoms with Gasteiger partial charge in [0.25, 0.3) is 11.5 Å². The second-order valence-corrected chi connectivity index (χ2v) is 9.90. The number of carbonyl (C=O) groups is 3. The van der Waals surface area contributed by atoms with Crippen LogP contribution in [0.25, 0.3) is 11.4 Å². The Balaban J connectivity index is 1.79. The molecule has 0 bridgehead atoms. The Hall–Kier alpha value is -4.71. The highest BCUT2D eigenvalue weighted by atomic mass is 32.1. The molecule has 0 radical (unpaired) electrons. The molecule has 0 aliphatic carbocycles. The number of aromatic nitrogens is 3. The van der Waals surface area contributed by atoms with Gasteiger partial charge in [-0.2, -0.15) is 0 Å². The van der Waals surface area contributed by atoms with E-state index >= 15 is 0 Å². The molecular formula is C26H21N5O6S. The second-order valence-electron chi connectivity index (χ2n) is 8.92. The van der Waals surface area contributed by atoms with Gasteiger partial charge < -0.3 is 9.51 Å². The summed E-state index contributed by atoms with van der Waals surface area (Å²) in [5.41, 5.74) is 2.10. The Morgan fingerprint density at radius 3 is 2.50 bits per heavy atom. The van der Waals surface area contributed by atoms with E-state index in [4.69, 9.17) is 0 Å². The van der Waals surface area contributed by atoms with Crippen LogP contribution in [0, 0.1) is 30.9 Å². The van der Waals surface area contributed by atoms with Crippen LogP contribution in [0.5, 0.6) is 0 Å². The molecule has 0 spiro atoms. The number of aryl methyl sites for hydroxylation is 3. The first kappa shape index (κ1) is 25.0. The van der Waals surface area contributed by atoms with Crippen LogP contribution in [0.4, 0.5) is 10.8 Å². The average Bonchev–Trinajstić information content (AvgIpc) is 3.51. The van der Waals surface area contributed by atoms with Gasteiger partial charge in [-0.05, 0) is 38.0 Å². The number of imidazole rings is 1. The van der Waals surface area contributed by atoms with E-state index in [1.54, 1.807) is 24.4 Å². The van der Waals surface area contributed by atoms with Crippen molar-refractivity contribution in [2.24, 2.45) is 0 Å². The van der Waals surface area contributed by atoms with E-state index in [-0.39, 0.29) is 33.4 Å². The molecule has 38 heavy (non-hydrogen) atoms. The molecule has 1 atom stereocenters. The number of hydrogen-bond acceptors (Lipinski definition) is 9. The normalized spacial score (nSPS) is 16.9. The zero-order valence-electron chi connectivity index (χ0n) is 20.8. The summed E-state index contributed by atoms with van der Waals surface area (Å²) in [7, 11) is 0. The monoisotopic (exact) mass is 531 g/mol. The highest BCUT2D eigenvalue weighted by Crippen LogP contribution is 2.44. The summed E-state index contributed by atoms with van der Waals surface area (Å²) in [5.74, 6) is -2.75. The molecule has 1 aromatic carbocycles. The number of benzene rings is 1. The number of amides is 1. The predicted molar refractivity (Wildman–Crippen MR) is 139 cm³/mol. The summed E-state index contributed by atoms with van der Waals surface area (Å²) in [6.45, 7) is 6.55. The minimum absolute atomic E-state index is 0.0629. The maximum atomic E-state index is 13.5. The topological polar surface area (TPSA) is 148 Å². The molecule has 1 saturated heterocycles. The van der Waals surface area contributed by atoms with Crippen molar-refractivity contribution >= 4 is 51.0 Å². The highest BCUT2D eigenvalue weighted by molar-refractivity contribution is 7.18. The van der Waals surface area contributed by atoms with Crippen molar-refractivity contribution < 1.29 is 24.4 Å². The molecule has 192 valence electrons. The number of fused-ring (bicyclic) bond motifs is 1. The number of nitro benzene ring substituents is 1. The number of hydrogen-bond donors (Lipinski definition) is 1. The lowest BCUT2D eigenvalue weighted by Gasteiger charge is -2.22. The number of thiazole rings is 1. The largest absolute Gasteiger partial charge is 0.505 e. The van der Waals surface area contributed by atoms with Gasteiger partial charge in [-0.3, -0.25) is 29.4 Å². The number of aliphatic hydroxyl groups excluding tert-OH is 1. The number of aliphatic hydroxyl groups is 1. The fourth-order valence-corrected chi connectivity index (χ4v) is 5.63. The van der Waals surface area contributed by atoms with Crippen LogP contribution in [-0.4, -0.2) is 41.9 Å². The lowest BCUT2D eigenvalue weighted by Crippen LogP contribution is -2.29. The van der Waals surface area contributed by atoms with E-state index in [0.29, 0.717) is 21.9 Å².